The summed E-state index contributed by atoms with van der Waals surface area (Å²) in [6.07, 6.45) is 4.52. The smallest absolute Gasteiger partial charge is 0.274 e. The average Bonchev–Trinajstić information content (AvgIpc) is 3.11. The number of aryl methyl sites for hydroxylation is 1. The third-order valence-corrected chi connectivity index (χ3v) is 4.19. The van der Waals surface area contributed by atoms with Gasteiger partial charge in [0, 0.05) is 43.5 Å². The minimum atomic E-state index is -0.169. The first-order valence-corrected chi connectivity index (χ1v) is 8.05. The molecule has 1 aliphatic rings. The lowest BCUT2D eigenvalue weighted by atomic mass is 9.95. The van der Waals surface area contributed by atoms with Gasteiger partial charge < -0.3 is 4.90 Å². The van der Waals surface area contributed by atoms with E-state index in [1.54, 1.807) is 6.20 Å². The van der Waals surface area contributed by atoms with Crippen molar-refractivity contribution in [1.29, 1.82) is 0 Å². The maximum Gasteiger partial charge on any atom is 0.274 e. The van der Waals surface area contributed by atoms with Gasteiger partial charge in [0.1, 0.15) is 5.69 Å². The van der Waals surface area contributed by atoms with Crippen LogP contribution in [0.25, 0.3) is 0 Å². The normalized spacial score (nSPS) is 18.1. The van der Waals surface area contributed by atoms with Gasteiger partial charge in [0.15, 0.2) is 0 Å². The van der Waals surface area contributed by atoms with Crippen LogP contribution in [0.5, 0.6) is 0 Å². The van der Waals surface area contributed by atoms with Crippen LogP contribution < -0.4 is 5.56 Å². The average molecular weight is 315 g/mol. The molecule has 0 aromatic carbocycles. The Bertz CT molecular complexity index is 722. The van der Waals surface area contributed by atoms with Gasteiger partial charge in [0.25, 0.3) is 11.5 Å². The molecule has 3 rings (SSSR count). The Kier molecular flexibility index (Phi) is 4.55. The maximum absolute atomic E-state index is 12.7. The number of piperidine rings is 1. The minimum absolute atomic E-state index is 0.112. The molecule has 122 valence electrons. The Morgan fingerprint density at radius 3 is 3.00 bits per heavy atom. The van der Waals surface area contributed by atoms with Gasteiger partial charge in [-0.15, -0.1) is 0 Å². The first-order chi connectivity index (χ1) is 11.2. The van der Waals surface area contributed by atoms with Crippen LogP contribution in [0.2, 0.25) is 0 Å². The second-order valence-corrected chi connectivity index (χ2v) is 5.88. The minimum Gasteiger partial charge on any atom is -0.337 e. The summed E-state index contributed by atoms with van der Waals surface area (Å²) in [6, 6.07) is 4.90. The Morgan fingerprint density at radius 1 is 1.39 bits per heavy atom. The molecule has 1 N–H and O–H groups in total. The Morgan fingerprint density at radius 2 is 2.26 bits per heavy atom. The van der Waals surface area contributed by atoms with Crippen molar-refractivity contribution in [2.24, 2.45) is 0 Å². The number of rotatable bonds is 4. The molecule has 7 heteroatoms. The Balaban J connectivity index is 1.77. The molecule has 1 aliphatic heterocycles. The highest BCUT2D eigenvalue weighted by Gasteiger charge is 2.27. The van der Waals surface area contributed by atoms with Gasteiger partial charge in [0.05, 0.1) is 0 Å². The van der Waals surface area contributed by atoms with Gasteiger partial charge in [-0.25, -0.2) is 4.68 Å². The third-order valence-electron chi connectivity index (χ3n) is 4.19. The number of H-pyrrole nitrogens is 1. The molecule has 0 saturated carbocycles. The van der Waals surface area contributed by atoms with E-state index in [9.17, 15) is 9.59 Å². The number of aromatic nitrogens is 4. The highest BCUT2D eigenvalue weighted by Crippen LogP contribution is 2.25. The van der Waals surface area contributed by atoms with Crippen LogP contribution in [0.15, 0.2) is 29.2 Å². The van der Waals surface area contributed by atoms with Gasteiger partial charge >= 0.3 is 0 Å². The first kappa shape index (κ1) is 15.5. The molecule has 1 saturated heterocycles. The van der Waals surface area contributed by atoms with Gasteiger partial charge in [0.2, 0.25) is 0 Å². The molecule has 1 amide bonds. The zero-order valence-electron chi connectivity index (χ0n) is 13.2. The van der Waals surface area contributed by atoms with Gasteiger partial charge in [-0.3, -0.25) is 14.7 Å². The number of amides is 1. The van der Waals surface area contributed by atoms with Crippen molar-refractivity contribution in [2.75, 3.05) is 13.1 Å². The molecule has 0 spiro atoms. The fourth-order valence-electron chi connectivity index (χ4n) is 3.01. The summed E-state index contributed by atoms with van der Waals surface area (Å²) in [6.45, 7) is 3.87. The summed E-state index contributed by atoms with van der Waals surface area (Å²) in [7, 11) is 0. The Labute approximate surface area is 134 Å². The summed E-state index contributed by atoms with van der Waals surface area (Å²) in [5.41, 5.74) is 1.23. The van der Waals surface area contributed by atoms with E-state index in [1.807, 2.05) is 17.9 Å². The fraction of sp³-hybridized carbons (Fsp3) is 0.500. The quantitative estimate of drug-likeness (QED) is 0.924. The van der Waals surface area contributed by atoms with Crippen LogP contribution in [-0.2, 0) is 6.54 Å². The lowest BCUT2D eigenvalue weighted by Gasteiger charge is -2.32. The van der Waals surface area contributed by atoms with Crippen molar-refractivity contribution in [3.63, 3.8) is 0 Å². The zero-order valence-corrected chi connectivity index (χ0v) is 13.2. The van der Waals surface area contributed by atoms with Crippen molar-refractivity contribution in [2.45, 2.75) is 38.6 Å². The molecule has 2 aromatic rings. The van der Waals surface area contributed by atoms with Crippen LogP contribution in [0.1, 0.15) is 48.3 Å². The SMILES string of the molecule is CCCn1nc(C(=O)N2CCC[C@H](c3ccn[nH]3)C2)ccc1=O. The summed E-state index contributed by atoms with van der Waals surface area (Å²) >= 11 is 0. The number of nitrogens with zero attached hydrogens (tertiary/aromatic N) is 4. The van der Waals surface area contributed by atoms with Crippen LogP contribution in [0, 0.1) is 0 Å². The van der Waals surface area contributed by atoms with Crippen molar-refractivity contribution in [1.82, 2.24) is 24.9 Å². The number of hydrogen-bond donors (Lipinski definition) is 1. The fourth-order valence-corrected chi connectivity index (χ4v) is 3.01. The number of carbonyl (C=O) groups excluding carboxylic acids is 1. The molecule has 1 fully saturated rings. The van der Waals surface area contributed by atoms with E-state index >= 15 is 0 Å². The molecule has 0 radical (unpaired) electrons. The predicted molar refractivity (Wildman–Crippen MR) is 85.3 cm³/mol. The second-order valence-electron chi connectivity index (χ2n) is 5.88. The van der Waals surface area contributed by atoms with Gasteiger partial charge in [-0.1, -0.05) is 6.92 Å². The van der Waals surface area contributed by atoms with E-state index in [0.29, 0.717) is 18.8 Å². The highest BCUT2D eigenvalue weighted by molar-refractivity contribution is 5.92. The molecule has 3 heterocycles. The predicted octanol–water partition coefficient (Wildman–Crippen LogP) is 1.40. The lowest BCUT2D eigenvalue weighted by Crippen LogP contribution is -2.40. The van der Waals surface area contributed by atoms with Crippen molar-refractivity contribution in [3.05, 3.63) is 46.1 Å². The monoisotopic (exact) mass is 315 g/mol. The molecule has 2 aromatic heterocycles. The largest absolute Gasteiger partial charge is 0.337 e. The summed E-state index contributed by atoms with van der Waals surface area (Å²) in [4.78, 5) is 26.3. The Hall–Kier alpha value is -2.44. The van der Waals surface area contributed by atoms with Crippen molar-refractivity contribution < 1.29 is 4.79 Å². The van der Waals surface area contributed by atoms with Crippen molar-refractivity contribution >= 4 is 5.91 Å². The van der Waals surface area contributed by atoms with Gasteiger partial charge in [-0.2, -0.15) is 10.2 Å². The number of hydrogen-bond acceptors (Lipinski definition) is 4. The first-order valence-electron chi connectivity index (χ1n) is 8.05. The van der Waals surface area contributed by atoms with E-state index in [2.05, 4.69) is 15.3 Å². The van der Waals surface area contributed by atoms with Crippen LogP contribution in [0.3, 0.4) is 0 Å². The van der Waals surface area contributed by atoms with E-state index in [4.69, 9.17) is 0 Å². The van der Waals surface area contributed by atoms with Gasteiger partial charge in [-0.05, 0) is 31.4 Å². The summed E-state index contributed by atoms with van der Waals surface area (Å²) in [5, 5.41) is 11.2. The number of nitrogens with one attached hydrogen (secondary N) is 1. The molecule has 1 atom stereocenters. The van der Waals surface area contributed by atoms with Crippen LogP contribution in [-0.4, -0.2) is 43.9 Å². The highest BCUT2D eigenvalue weighted by atomic mass is 16.2. The van der Waals surface area contributed by atoms with Crippen molar-refractivity contribution in [3.8, 4) is 0 Å². The summed E-state index contributed by atoms with van der Waals surface area (Å²) in [5.74, 6) is 0.163. The molecular formula is C16H21N5O2. The summed E-state index contributed by atoms with van der Waals surface area (Å²) < 4.78 is 1.36. The number of carbonyl (C=O) groups is 1. The standard InChI is InChI=1S/C16H21N5O2/c1-2-9-21-15(22)6-5-14(19-21)16(23)20-10-3-4-12(11-20)13-7-8-17-18-13/h5-8,12H,2-4,9-11H2,1H3,(H,17,18)/t12-/m0/s1. The third kappa shape index (κ3) is 3.33. The van der Waals surface area contributed by atoms with E-state index in [-0.39, 0.29) is 17.4 Å². The van der Waals surface area contributed by atoms with Crippen LogP contribution >= 0.6 is 0 Å². The molecule has 0 unspecified atom stereocenters. The van der Waals surface area contributed by atoms with Crippen LogP contribution in [0.4, 0.5) is 0 Å². The number of aromatic amines is 1. The second kappa shape index (κ2) is 6.76. The van der Waals surface area contributed by atoms with E-state index in [1.165, 1.54) is 16.8 Å². The van der Waals surface area contributed by atoms with E-state index < -0.39 is 0 Å². The molecule has 7 nitrogen and oxygen atoms in total. The number of likely N-dealkylation sites (tertiary alicyclic amines) is 1. The molecule has 23 heavy (non-hydrogen) atoms. The molecule has 0 aliphatic carbocycles. The topological polar surface area (TPSA) is 83.9 Å². The molecular weight excluding hydrogens is 294 g/mol. The van der Waals surface area contributed by atoms with E-state index in [0.717, 1.165) is 31.5 Å². The maximum atomic E-state index is 12.7. The molecule has 0 bridgehead atoms. The zero-order chi connectivity index (χ0) is 16.2. The lowest BCUT2D eigenvalue weighted by molar-refractivity contribution is 0.0697.